The molecule has 1 aliphatic heterocycles. The van der Waals surface area contributed by atoms with Crippen molar-refractivity contribution in [2.75, 3.05) is 46.9 Å². The van der Waals surface area contributed by atoms with E-state index in [1.165, 1.54) is 7.11 Å². The Balaban J connectivity index is 2.38. The van der Waals surface area contributed by atoms with Crippen molar-refractivity contribution in [3.8, 4) is 0 Å². The van der Waals surface area contributed by atoms with E-state index in [2.05, 4.69) is 4.74 Å². The molecule has 2 N–H and O–H groups in total. The van der Waals surface area contributed by atoms with Crippen LogP contribution in [0, 0.1) is 0 Å². The number of methoxy groups -OCH3 is 2. The van der Waals surface area contributed by atoms with Crippen LogP contribution in [-0.4, -0.2) is 74.8 Å². The molecule has 104 valence electrons. The zero-order valence-electron chi connectivity index (χ0n) is 10.9. The molecule has 7 nitrogen and oxygen atoms in total. The normalized spacial score (nSPS) is 17.5. The smallest absolute Gasteiger partial charge is 0.409 e. The van der Waals surface area contributed by atoms with Gasteiger partial charge in [-0.3, -0.25) is 4.79 Å². The lowest BCUT2D eigenvalue weighted by atomic mass is 10.2. The molecule has 0 saturated carbocycles. The van der Waals surface area contributed by atoms with Crippen molar-refractivity contribution >= 4 is 12.0 Å². The third kappa shape index (κ3) is 3.85. The highest BCUT2D eigenvalue weighted by atomic mass is 16.5. The molecule has 1 aliphatic rings. The maximum atomic E-state index is 11.9. The van der Waals surface area contributed by atoms with Crippen LogP contribution in [-0.2, 0) is 14.3 Å². The molecule has 0 aliphatic carbocycles. The zero-order chi connectivity index (χ0) is 13.5. The van der Waals surface area contributed by atoms with E-state index in [9.17, 15) is 9.59 Å². The maximum absolute atomic E-state index is 11.9. The predicted octanol–water partition coefficient (Wildman–Crippen LogP) is -0.739. The third-order valence-corrected chi connectivity index (χ3v) is 3.06. The predicted molar refractivity (Wildman–Crippen MR) is 65.0 cm³/mol. The number of carbonyl (C=O) groups is 2. The van der Waals surface area contributed by atoms with Gasteiger partial charge in [0, 0.05) is 39.8 Å². The number of ether oxygens (including phenoxy) is 2. The van der Waals surface area contributed by atoms with Gasteiger partial charge < -0.3 is 25.0 Å². The summed E-state index contributed by atoms with van der Waals surface area (Å²) in [4.78, 5) is 26.5. The second-order valence-electron chi connectivity index (χ2n) is 4.14. The molecule has 1 saturated heterocycles. The maximum Gasteiger partial charge on any atom is 0.409 e. The average Bonchev–Trinajstić information content (AvgIpc) is 2.43. The van der Waals surface area contributed by atoms with Gasteiger partial charge in [-0.25, -0.2) is 4.79 Å². The number of carbonyl (C=O) groups excluding carboxylic acids is 2. The number of amides is 2. The summed E-state index contributed by atoms with van der Waals surface area (Å²) < 4.78 is 9.71. The van der Waals surface area contributed by atoms with E-state index in [1.54, 1.807) is 16.9 Å². The van der Waals surface area contributed by atoms with Crippen molar-refractivity contribution in [3.05, 3.63) is 0 Å². The van der Waals surface area contributed by atoms with Crippen LogP contribution in [0.3, 0.4) is 0 Å². The molecule has 1 unspecified atom stereocenters. The fourth-order valence-electron chi connectivity index (χ4n) is 1.85. The van der Waals surface area contributed by atoms with Crippen LogP contribution in [0.1, 0.15) is 6.42 Å². The van der Waals surface area contributed by atoms with Crippen molar-refractivity contribution in [3.63, 3.8) is 0 Å². The Morgan fingerprint density at radius 3 is 2.17 bits per heavy atom. The Morgan fingerprint density at radius 2 is 1.72 bits per heavy atom. The minimum Gasteiger partial charge on any atom is -0.453 e. The summed E-state index contributed by atoms with van der Waals surface area (Å²) in [7, 11) is 2.89. The topological polar surface area (TPSA) is 85.1 Å². The van der Waals surface area contributed by atoms with Crippen molar-refractivity contribution in [1.82, 2.24) is 9.80 Å². The quantitative estimate of drug-likeness (QED) is 0.719. The van der Waals surface area contributed by atoms with E-state index in [1.807, 2.05) is 0 Å². The van der Waals surface area contributed by atoms with E-state index in [-0.39, 0.29) is 24.5 Å². The molecule has 1 heterocycles. The van der Waals surface area contributed by atoms with Gasteiger partial charge in [0.25, 0.3) is 0 Å². The SMILES string of the molecule is COC(=O)N1CCN(C(=O)CC(CN)OC)CC1. The molecule has 0 spiro atoms. The molecule has 0 aromatic carbocycles. The van der Waals surface area contributed by atoms with Crippen molar-refractivity contribution in [2.24, 2.45) is 5.73 Å². The molecule has 7 heteroatoms. The van der Waals surface area contributed by atoms with Gasteiger partial charge in [-0.1, -0.05) is 0 Å². The summed E-state index contributed by atoms with van der Waals surface area (Å²) in [6, 6.07) is 0. The van der Waals surface area contributed by atoms with Gasteiger partial charge in [-0.2, -0.15) is 0 Å². The van der Waals surface area contributed by atoms with Gasteiger partial charge >= 0.3 is 6.09 Å². The van der Waals surface area contributed by atoms with Crippen LogP contribution < -0.4 is 5.73 Å². The van der Waals surface area contributed by atoms with Gasteiger partial charge in [-0.15, -0.1) is 0 Å². The molecule has 2 amide bonds. The van der Waals surface area contributed by atoms with E-state index in [0.717, 1.165) is 0 Å². The average molecular weight is 259 g/mol. The van der Waals surface area contributed by atoms with E-state index < -0.39 is 0 Å². The van der Waals surface area contributed by atoms with Crippen molar-refractivity contribution < 1.29 is 19.1 Å². The first-order chi connectivity index (χ1) is 8.62. The standard InChI is InChI=1S/C11H21N3O4/c1-17-9(8-12)7-10(15)13-3-5-14(6-4-13)11(16)18-2/h9H,3-8,12H2,1-2H3. The van der Waals surface area contributed by atoms with Gasteiger partial charge in [0.1, 0.15) is 0 Å². The Bertz CT molecular complexity index is 286. The number of piperazine rings is 1. The summed E-state index contributed by atoms with van der Waals surface area (Å²) in [6.07, 6.45) is -0.305. The Morgan fingerprint density at radius 1 is 1.17 bits per heavy atom. The molecule has 1 rings (SSSR count). The molecule has 0 radical (unpaired) electrons. The molecular formula is C11H21N3O4. The molecule has 18 heavy (non-hydrogen) atoms. The molecular weight excluding hydrogens is 238 g/mol. The summed E-state index contributed by atoms with van der Waals surface area (Å²) in [6.45, 7) is 2.37. The van der Waals surface area contributed by atoms with Crippen molar-refractivity contribution in [2.45, 2.75) is 12.5 Å². The molecule has 0 aromatic heterocycles. The van der Waals surface area contributed by atoms with Crippen LogP contribution >= 0.6 is 0 Å². The molecule has 0 bridgehead atoms. The highest BCUT2D eigenvalue weighted by Gasteiger charge is 2.25. The summed E-state index contributed by atoms with van der Waals surface area (Å²) in [5.41, 5.74) is 5.48. The lowest BCUT2D eigenvalue weighted by molar-refractivity contribution is -0.135. The highest BCUT2D eigenvalue weighted by molar-refractivity contribution is 5.77. The summed E-state index contributed by atoms with van der Waals surface area (Å²) in [5, 5.41) is 0. The first-order valence-electron chi connectivity index (χ1n) is 5.95. The van der Waals surface area contributed by atoms with E-state index in [0.29, 0.717) is 32.7 Å². The highest BCUT2D eigenvalue weighted by Crippen LogP contribution is 2.07. The van der Waals surface area contributed by atoms with Gasteiger partial charge in [-0.05, 0) is 0 Å². The van der Waals surface area contributed by atoms with Crippen molar-refractivity contribution in [1.29, 1.82) is 0 Å². The zero-order valence-corrected chi connectivity index (χ0v) is 10.9. The monoisotopic (exact) mass is 259 g/mol. The number of nitrogens with two attached hydrogens (primary N) is 1. The van der Waals surface area contributed by atoms with Crippen LogP contribution in [0.5, 0.6) is 0 Å². The Hall–Kier alpha value is -1.34. The molecule has 0 aromatic rings. The number of hydrogen-bond acceptors (Lipinski definition) is 5. The lowest BCUT2D eigenvalue weighted by Crippen LogP contribution is -2.51. The van der Waals surface area contributed by atoms with Gasteiger partial charge in [0.05, 0.1) is 19.6 Å². The number of hydrogen-bond donors (Lipinski definition) is 1. The van der Waals surface area contributed by atoms with E-state index in [4.69, 9.17) is 10.5 Å². The number of rotatable bonds is 4. The fraction of sp³-hybridized carbons (Fsp3) is 0.818. The summed E-state index contributed by atoms with van der Waals surface area (Å²) >= 11 is 0. The minimum atomic E-state index is -0.348. The third-order valence-electron chi connectivity index (χ3n) is 3.06. The fourth-order valence-corrected chi connectivity index (χ4v) is 1.85. The number of nitrogens with zero attached hydrogens (tertiary/aromatic N) is 2. The first-order valence-corrected chi connectivity index (χ1v) is 5.95. The van der Waals surface area contributed by atoms with Crippen LogP contribution in [0.2, 0.25) is 0 Å². The Labute approximate surface area is 107 Å². The summed E-state index contributed by atoms with van der Waals surface area (Å²) in [5.74, 6) is 0.0109. The van der Waals surface area contributed by atoms with Gasteiger partial charge in [0.15, 0.2) is 0 Å². The Kier molecular flexibility index (Phi) is 5.87. The first kappa shape index (κ1) is 14.7. The second kappa shape index (κ2) is 7.17. The second-order valence-corrected chi connectivity index (χ2v) is 4.14. The van der Waals surface area contributed by atoms with Crippen LogP contribution in [0.4, 0.5) is 4.79 Å². The van der Waals surface area contributed by atoms with Crippen LogP contribution in [0.25, 0.3) is 0 Å². The largest absolute Gasteiger partial charge is 0.453 e. The lowest BCUT2D eigenvalue weighted by Gasteiger charge is -2.34. The molecule has 1 atom stereocenters. The van der Waals surface area contributed by atoms with Gasteiger partial charge in [0.2, 0.25) is 5.91 Å². The van der Waals surface area contributed by atoms with E-state index >= 15 is 0 Å². The molecule has 1 fully saturated rings. The minimum absolute atomic E-state index is 0.0109. The van der Waals surface area contributed by atoms with Crippen LogP contribution in [0.15, 0.2) is 0 Å².